The number of carbonyl (C=O) groups is 1. The average molecular weight is 263 g/mol. The van der Waals surface area contributed by atoms with Crippen molar-refractivity contribution >= 4 is 12.7 Å². The average Bonchev–Trinajstić information content (AvgIpc) is 2.90. The van der Waals surface area contributed by atoms with Gasteiger partial charge < -0.3 is 14.6 Å². The van der Waals surface area contributed by atoms with Gasteiger partial charge in [-0.05, 0) is 17.8 Å². The van der Waals surface area contributed by atoms with E-state index in [9.17, 15) is 4.79 Å². The molecule has 1 aromatic carbocycles. The monoisotopic (exact) mass is 263 g/mol. The predicted molar refractivity (Wildman–Crippen MR) is 70.5 cm³/mol. The predicted octanol–water partition coefficient (Wildman–Crippen LogP) is 1.30. The summed E-state index contributed by atoms with van der Waals surface area (Å²) in [6.07, 6.45) is 0.908. The number of hydrogen-bond acceptors (Lipinski definition) is 4. The van der Waals surface area contributed by atoms with Crippen molar-refractivity contribution in [2.45, 2.75) is 25.2 Å². The van der Waals surface area contributed by atoms with E-state index in [0.717, 1.165) is 11.1 Å². The lowest BCUT2D eigenvalue weighted by atomic mass is 10.0. The standard InChI is InChI=1S/C14H17NO4/c1-15-12(14(16)17)8-10-2-4-11(5-3-10)9-13-18-6-7-19-13/h2-5,12-13H,1,6-9H2,(H,16,17). The quantitative estimate of drug-likeness (QED) is 0.785. The summed E-state index contributed by atoms with van der Waals surface area (Å²) in [6, 6.07) is 6.95. The Labute approximate surface area is 111 Å². The van der Waals surface area contributed by atoms with Crippen LogP contribution in [-0.4, -0.2) is 43.3 Å². The van der Waals surface area contributed by atoms with Crippen LogP contribution < -0.4 is 0 Å². The van der Waals surface area contributed by atoms with Gasteiger partial charge in [0.15, 0.2) is 12.3 Å². The number of carboxylic acid groups (broad SMARTS) is 1. The fraction of sp³-hybridized carbons (Fsp3) is 0.429. The molecule has 102 valence electrons. The molecule has 0 spiro atoms. The van der Waals surface area contributed by atoms with Gasteiger partial charge >= 0.3 is 5.97 Å². The highest BCUT2D eigenvalue weighted by atomic mass is 16.7. The maximum absolute atomic E-state index is 10.9. The molecule has 1 aromatic rings. The van der Waals surface area contributed by atoms with Crippen molar-refractivity contribution in [3.8, 4) is 0 Å². The number of nitrogens with zero attached hydrogens (tertiary/aromatic N) is 1. The third-order valence-corrected chi connectivity index (χ3v) is 3.05. The number of carboxylic acids is 1. The minimum absolute atomic E-state index is 0.160. The van der Waals surface area contributed by atoms with E-state index in [-0.39, 0.29) is 6.29 Å². The maximum atomic E-state index is 10.9. The van der Waals surface area contributed by atoms with Gasteiger partial charge in [0.1, 0.15) is 0 Å². The topological polar surface area (TPSA) is 68.1 Å². The first-order valence-corrected chi connectivity index (χ1v) is 6.18. The van der Waals surface area contributed by atoms with Gasteiger partial charge in [0.25, 0.3) is 0 Å². The molecule has 1 aliphatic rings. The van der Waals surface area contributed by atoms with Gasteiger partial charge in [-0.3, -0.25) is 4.99 Å². The molecule has 0 bridgehead atoms. The van der Waals surface area contributed by atoms with Crippen LogP contribution in [0.5, 0.6) is 0 Å². The van der Waals surface area contributed by atoms with Gasteiger partial charge in [-0.25, -0.2) is 4.79 Å². The molecule has 1 unspecified atom stereocenters. The van der Waals surface area contributed by atoms with Crippen molar-refractivity contribution in [2.24, 2.45) is 4.99 Å². The summed E-state index contributed by atoms with van der Waals surface area (Å²) in [4.78, 5) is 14.5. The Morgan fingerprint density at radius 3 is 2.42 bits per heavy atom. The molecule has 0 aliphatic carbocycles. The summed E-state index contributed by atoms with van der Waals surface area (Å²) in [5.74, 6) is -0.952. The first kappa shape index (κ1) is 13.7. The Morgan fingerprint density at radius 2 is 1.89 bits per heavy atom. The fourth-order valence-electron chi connectivity index (χ4n) is 1.98. The minimum atomic E-state index is -0.952. The van der Waals surface area contributed by atoms with Crippen molar-refractivity contribution in [1.82, 2.24) is 0 Å². The normalized spacial score (nSPS) is 17.3. The van der Waals surface area contributed by atoms with Gasteiger partial charge in [-0.1, -0.05) is 24.3 Å². The fourth-order valence-corrected chi connectivity index (χ4v) is 1.98. The van der Waals surface area contributed by atoms with E-state index in [2.05, 4.69) is 11.7 Å². The molecule has 1 N–H and O–H groups in total. The molecule has 1 aliphatic heterocycles. The molecular formula is C14H17NO4. The lowest BCUT2D eigenvalue weighted by Gasteiger charge is -2.10. The Bertz CT molecular complexity index is 437. The Hall–Kier alpha value is -1.72. The zero-order chi connectivity index (χ0) is 13.7. The van der Waals surface area contributed by atoms with E-state index < -0.39 is 12.0 Å². The van der Waals surface area contributed by atoms with Crippen molar-refractivity contribution < 1.29 is 19.4 Å². The Morgan fingerprint density at radius 1 is 1.32 bits per heavy atom. The number of hydrogen-bond donors (Lipinski definition) is 1. The second kappa shape index (κ2) is 6.45. The zero-order valence-electron chi connectivity index (χ0n) is 10.6. The lowest BCUT2D eigenvalue weighted by molar-refractivity contribution is -0.138. The second-order valence-electron chi connectivity index (χ2n) is 4.43. The third-order valence-electron chi connectivity index (χ3n) is 3.05. The number of benzene rings is 1. The van der Waals surface area contributed by atoms with E-state index in [4.69, 9.17) is 14.6 Å². The Balaban J connectivity index is 1.93. The molecule has 1 atom stereocenters. The van der Waals surface area contributed by atoms with Crippen molar-refractivity contribution in [1.29, 1.82) is 0 Å². The molecule has 0 amide bonds. The van der Waals surface area contributed by atoms with E-state index in [1.807, 2.05) is 24.3 Å². The molecular weight excluding hydrogens is 246 g/mol. The van der Waals surface area contributed by atoms with Crippen LogP contribution in [0, 0.1) is 0 Å². The van der Waals surface area contributed by atoms with Crippen LogP contribution in [-0.2, 0) is 27.1 Å². The van der Waals surface area contributed by atoms with Crippen LogP contribution in [0.15, 0.2) is 29.3 Å². The molecule has 0 saturated carbocycles. The zero-order valence-corrected chi connectivity index (χ0v) is 10.6. The first-order chi connectivity index (χ1) is 9.19. The highest BCUT2D eigenvalue weighted by Gasteiger charge is 2.17. The van der Waals surface area contributed by atoms with Crippen LogP contribution in [0.25, 0.3) is 0 Å². The van der Waals surface area contributed by atoms with Gasteiger partial charge in [-0.2, -0.15) is 0 Å². The lowest BCUT2D eigenvalue weighted by Crippen LogP contribution is -2.20. The molecule has 1 heterocycles. The summed E-state index contributed by atoms with van der Waals surface area (Å²) in [7, 11) is 0. The molecule has 0 radical (unpaired) electrons. The summed E-state index contributed by atoms with van der Waals surface area (Å²) < 4.78 is 10.8. The molecule has 1 saturated heterocycles. The van der Waals surface area contributed by atoms with Gasteiger partial charge in [0.05, 0.1) is 13.2 Å². The second-order valence-corrected chi connectivity index (χ2v) is 4.43. The van der Waals surface area contributed by atoms with E-state index >= 15 is 0 Å². The number of ether oxygens (including phenoxy) is 2. The summed E-state index contributed by atoms with van der Waals surface area (Å²) in [6.45, 7) is 4.59. The Kier molecular flexibility index (Phi) is 4.65. The molecule has 0 aromatic heterocycles. The molecule has 5 nitrogen and oxygen atoms in total. The van der Waals surface area contributed by atoms with Crippen molar-refractivity contribution in [3.05, 3.63) is 35.4 Å². The molecule has 19 heavy (non-hydrogen) atoms. The summed E-state index contributed by atoms with van der Waals surface area (Å²) in [5, 5.41) is 8.91. The highest BCUT2D eigenvalue weighted by molar-refractivity contribution is 5.74. The number of aliphatic carboxylic acids is 1. The van der Waals surface area contributed by atoms with Crippen LogP contribution >= 0.6 is 0 Å². The minimum Gasteiger partial charge on any atom is -0.480 e. The van der Waals surface area contributed by atoms with E-state index in [0.29, 0.717) is 26.1 Å². The van der Waals surface area contributed by atoms with Gasteiger partial charge in [0.2, 0.25) is 0 Å². The molecule has 5 heteroatoms. The van der Waals surface area contributed by atoms with Gasteiger partial charge in [0, 0.05) is 12.8 Å². The van der Waals surface area contributed by atoms with E-state index in [1.165, 1.54) is 0 Å². The van der Waals surface area contributed by atoms with Crippen LogP contribution in [0.1, 0.15) is 11.1 Å². The van der Waals surface area contributed by atoms with Crippen LogP contribution in [0.3, 0.4) is 0 Å². The van der Waals surface area contributed by atoms with Crippen molar-refractivity contribution in [3.63, 3.8) is 0 Å². The van der Waals surface area contributed by atoms with Crippen molar-refractivity contribution in [2.75, 3.05) is 13.2 Å². The number of aliphatic imine (C=N–C) groups is 1. The summed E-state index contributed by atoms with van der Waals surface area (Å²) in [5.41, 5.74) is 2.03. The van der Waals surface area contributed by atoms with E-state index in [1.54, 1.807) is 0 Å². The summed E-state index contributed by atoms with van der Waals surface area (Å²) >= 11 is 0. The van der Waals surface area contributed by atoms with Crippen LogP contribution in [0.2, 0.25) is 0 Å². The first-order valence-electron chi connectivity index (χ1n) is 6.18. The SMILES string of the molecule is C=NC(Cc1ccc(CC2OCCO2)cc1)C(=O)O. The molecule has 2 rings (SSSR count). The van der Waals surface area contributed by atoms with Gasteiger partial charge in [-0.15, -0.1) is 0 Å². The largest absolute Gasteiger partial charge is 0.480 e. The smallest absolute Gasteiger partial charge is 0.328 e. The maximum Gasteiger partial charge on any atom is 0.328 e. The number of rotatable bonds is 6. The molecule has 1 fully saturated rings. The third kappa shape index (κ3) is 3.87. The van der Waals surface area contributed by atoms with Crippen LogP contribution in [0.4, 0.5) is 0 Å². The highest BCUT2D eigenvalue weighted by Crippen LogP contribution is 2.14.